The van der Waals surface area contributed by atoms with Gasteiger partial charge < -0.3 is 11.1 Å². The van der Waals surface area contributed by atoms with E-state index in [1.54, 1.807) is 30.3 Å². The molecule has 6 nitrogen and oxygen atoms in total. The van der Waals surface area contributed by atoms with E-state index in [-0.39, 0.29) is 11.8 Å². The van der Waals surface area contributed by atoms with Crippen molar-refractivity contribution in [3.8, 4) is 0 Å². The number of benzene rings is 3. The molecule has 0 aliphatic rings. The first-order valence-electron chi connectivity index (χ1n) is 9.45. The summed E-state index contributed by atoms with van der Waals surface area (Å²) in [5, 5.41) is 6.17. The zero-order valence-electron chi connectivity index (χ0n) is 16.0. The molecule has 2 amide bonds. The molecule has 4 aromatic rings. The van der Waals surface area contributed by atoms with E-state index in [0.717, 1.165) is 15.8 Å². The number of amides is 2. The van der Waals surface area contributed by atoms with Crippen LogP contribution in [0.25, 0.3) is 10.2 Å². The summed E-state index contributed by atoms with van der Waals surface area (Å²) in [7, 11) is 0. The number of hydrogen-bond acceptors (Lipinski definition) is 5. The van der Waals surface area contributed by atoms with Gasteiger partial charge in [0, 0.05) is 12.1 Å². The fraction of sp³-hybridized carbons (Fsp3) is 0.0870. The molecule has 30 heavy (non-hydrogen) atoms. The number of para-hydroxylation sites is 1. The van der Waals surface area contributed by atoms with Crippen LogP contribution in [-0.4, -0.2) is 16.8 Å². The second-order valence-electron chi connectivity index (χ2n) is 6.70. The fourth-order valence-corrected chi connectivity index (χ4v) is 3.97. The number of aromatic nitrogens is 1. The SMILES string of the molecule is NCc1cccc(C(=O)NC(C(=O)Nc2nc3ccccc3s2)c2ccccc2)c1. The van der Waals surface area contributed by atoms with Crippen LogP contribution in [0.4, 0.5) is 5.13 Å². The van der Waals surface area contributed by atoms with Crippen molar-refractivity contribution < 1.29 is 9.59 Å². The Kier molecular flexibility index (Phi) is 5.83. The third kappa shape index (κ3) is 4.37. The van der Waals surface area contributed by atoms with Crippen LogP contribution in [0.5, 0.6) is 0 Å². The Balaban J connectivity index is 1.59. The maximum atomic E-state index is 13.1. The lowest BCUT2D eigenvalue weighted by molar-refractivity contribution is -0.118. The lowest BCUT2D eigenvalue weighted by Gasteiger charge is -2.18. The number of thiazole rings is 1. The fourth-order valence-electron chi connectivity index (χ4n) is 3.10. The van der Waals surface area contributed by atoms with Crippen molar-refractivity contribution in [1.29, 1.82) is 0 Å². The highest BCUT2D eigenvalue weighted by Gasteiger charge is 2.24. The van der Waals surface area contributed by atoms with Crippen molar-refractivity contribution in [3.63, 3.8) is 0 Å². The predicted octanol–water partition coefficient (Wildman–Crippen LogP) is 3.86. The first-order chi connectivity index (χ1) is 14.6. The minimum absolute atomic E-state index is 0.335. The zero-order chi connectivity index (χ0) is 20.9. The molecule has 0 radical (unpaired) electrons. The third-order valence-electron chi connectivity index (χ3n) is 4.62. The molecule has 1 aromatic heterocycles. The van der Waals surface area contributed by atoms with Gasteiger partial charge in [-0.1, -0.05) is 65.9 Å². The molecule has 1 heterocycles. The van der Waals surface area contributed by atoms with Crippen LogP contribution >= 0.6 is 11.3 Å². The van der Waals surface area contributed by atoms with Crippen molar-refractivity contribution in [1.82, 2.24) is 10.3 Å². The molecular formula is C23H20N4O2S. The molecule has 0 aliphatic heterocycles. The van der Waals surface area contributed by atoms with Gasteiger partial charge in [-0.2, -0.15) is 0 Å². The van der Waals surface area contributed by atoms with Crippen LogP contribution < -0.4 is 16.4 Å². The quantitative estimate of drug-likeness (QED) is 0.445. The topological polar surface area (TPSA) is 97.1 Å². The highest BCUT2D eigenvalue weighted by atomic mass is 32.1. The molecule has 4 N–H and O–H groups in total. The summed E-state index contributed by atoms with van der Waals surface area (Å²) in [5.74, 6) is -0.706. The minimum Gasteiger partial charge on any atom is -0.336 e. The van der Waals surface area contributed by atoms with Gasteiger partial charge in [-0.15, -0.1) is 0 Å². The summed E-state index contributed by atoms with van der Waals surface area (Å²) in [6.07, 6.45) is 0. The van der Waals surface area contributed by atoms with E-state index in [0.29, 0.717) is 22.8 Å². The average molecular weight is 417 g/mol. The Labute approximate surface area is 177 Å². The van der Waals surface area contributed by atoms with Crippen molar-refractivity contribution in [3.05, 3.63) is 95.6 Å². The normalized spacial score (nSPS) is 11.8. The van der Waals surface area contributed by atoms with Gasteiger partial charge in [-0.3, -0.25) is 14.9 Å². The molecular weight excluding hydrogens is 396 g/mol. The van der Waals surface area contributed by atoms with Crippen LogP contribution in [-0.2, 0) is 11.3 Å². The molecule has 3 aromatic carbocycles. The molecule has 4 rings (SSSR count). The molecule has 0 saturated carbocycles. The summed E-state index contributed by atoms with van der Waals surface area (Å²) in [5.41, 5.74) is 8.47. The number of fused-ring (bicyclic) bond motifs is 1. The van der Waals surface area contributed by atoms with Gasteiger partial charge in [-0.25, -0.2) is 4.98 Å². The number of nitrogens with two attached hydrogens (primary N) is 1. The Morgan fingerprint density at radius 2 is 1.73 bits per heavy atom. The van der Waals surface area contributed by atoms with Gasteiger partial charge in [0.15, 0.2) is 5.13 Å². The Bertz CT molecular complexity index is 1160. The van der Waals surface area contributed by atoms with E-state index in [2.05, 4.69) is 15.6 Å². The van der Waals surface area contributed by atoms with Crippen molar-refractivity contribution in [2.24, 2.45) is 5.73 Å². The molecule has 0 saturated heterocycles. The van der Waals surface area contributed by atoms with Gasteiger partial charge in [-0.05, 0) is 35.4 Å². The lowest BCUT2D eigenvalue weighted by atomic mass is 10.0. The molecule has 0 aliphatic carbocycles. The average Bonchev–Trinajstić information content (AvgIpc) is 3.20. The van der Waals surface area contributed by atoms with E-state index >= 15 is 0 Å². The van der Waals surface area contributed by atoms with Crippen molar-refractivity contribution in [2.75, 3.05) is 5.32 Å². The van der Waals surface area contributed by atoms with Crippen LogP contribution in [0.15, 0.2) is 78.9 Å². The van der Waals surface area contributed by atoms with Gasteiger partial charge in [0.2, 0.25) is 0 Å². The minimum atomic E-state index is -0.868. The van der Waals surface area contributed by atoms with Gasteiger partial charge in [0.25, 0.3) is 11.8 Å². The summed E-state index contributed by atoms with van der Waals surface area (Å²) < 4.78 is 0.978. The number of rotatable bonds is 6. The van der Waals surface area contributed by atoms with Crippen LogP contribution in [0, 0.1) is 0 Å². The number of anilines is 1. The highest BCUT2D eigenvalue weighted by Crippen LogP contribution is 2.26. The van der Waals surface area contributed by atoms with Crippen LogP contribution in [0.3, 0.4) is 0 Å². The molecule has 150 valence electrons. The van der Waals surface area contributed by atoms with Crippen molar-refractivity contribution >= 4 is 38.5 Å². The summed E-state index contributed by atoms with van der Waals surface area (Å²) in [4.78, 5) is 30.4. The highest BCUT2D eigenvalue weighted by molar-refractivity contribution is 7.22. The Morgan fingerprint density at radius 1 is 0.967 bits per heavy atom. The monoisotopic (exact) mass is 416 g/mol. The molecule has 0 bridgehead atoms. The second kappa shape index (κ2) is 8.86. The summed E-state index contributed by atoms with van der Waals surface area (Å²) >= 11 is 1.39. The number of nitrogens with one attached hydrogen (secondary N) is 2. The van der Waals surface area contributed by atoms with Gasteiger partial charge >= 0.3 is 0 Å². The van der Waals surface area contributed by atoms with E-state index in [4.69, 9.17) is 5.73 Å². The maximum Gasteiger partial charge on any atom is 0.253 e. The molecule has 1 atom stereocenters. The van der Waals surface area contributed by atoms with E-state index in [1.807, 2.05) is 48.5 Å². The smallest absolute Gasteiger partial charge is 0.253 e. The molecule has 7 heteroatoms. The number of carbonyl (C=O) groups excluding carboxylic acids is 2. The summed E-state index contributed by atoms with van der Waals surface area (Å²) in [6.45, 7) is 0.335. The van der Waals surface area contributed by atoms with Crippen LogP contribution in [0.2, 0.25) is 0 Å². The molecule has 0 spiro atoms. The van der Waals surface area contributed by atoms with Gasteiger partial charge in [0.05, 0.1) is 10.2 Å². The van der Waals surface area contributed by atoms with E-state index in [9.17, 15) is 9.59 Å². The third-order valence-corrected chi connectivity index (χ3v) is 5.57. The second-order valence-corrected chi connectivity index (χ2v) is 7.73. The number of nitrogens with zero attached hydrogens (tertiary/aromatic N) is 1. The first-order valence-corrected chi connectivity index (χ1v) is 10.3. The van der Waals surface area contributed by atoms with Crippen LogP contribution in [0.1, 0.15) is 27.5 Å². The van der Waals surface area contributed by atoms with E-state index < -0.39 is 6.04 Å². The molecule has 1 unspecified atom stereocenters. The maximum absolute atomic E-state index is 13.1. The standard InChI is InChI=1S/C23H20N4O2S/c24-14-15-7-6-10-17(13-15)21(28)26-20(16-8-2-1-3-9-16)22(29)27-23-25-18-11-4-5-12-19(18)30-23/h1-13,20H,14,24H2,(H,26,28)(H,25,27,29). The number of carbonyl (C=O) groups is 2. The Morgan fingerprint density at radius 3 is 2.50 bits per heavy atom. The zero-order valence-corrected chi connectivity index (χ0v) is 16.9. The molecule has 0 fully saturated rings. The summed E-state index contributed by atoms with van der Waals surface area (Å²) in [6, 6.07) is 23.0. The van der Waals surface area contributed by atoms with Gasteiger partial charge in [0.1, 0.15) is 6.04 Å². The van der Waals surface area contributed by atoms with E-state index in [1.165, 1.54) is 11.3 Å². The first kappa shape index (κ1) is 19.8. The lowest BCUT2D eigenvalue weighted by Crippen LogP contribution is -2.37. The van der Waals surface area contributed by atoms with Crippen molar-refractivity contribution in [2.45, 2.75) is 12.6 Å². The number of hydrogen-bond donors (Lipinski definition) is 3. The largest absolute Gasteiger partial charge is 0.336 e. The Hall–Kier alpha value is -3.55. The predicted molar refractivity (Wildman–Crippen MR) is 119 cm³/mol.